The number of aliphatic hydroxyl groups is 2. The standard InChI is InChI=1S/C21H41N3O6/c1-18-10-27-14-20(25,16-29-18)12-23-6-4-22(3)5-7-24(9-8-23)13-21(26)15-28-11-19(2)30-17-21/h18-19,25-26H,4-17H2,1-3H3. The van der Waals surface area contributed by atoms with Crippen molar-refractivity contribution in [1.29, 1.82) is 0 Å². The van der Waals surface area contributed by atoms with Crippen molar-refractivity contribution in [1.82, 2.24) is 14.7 Å². The summed E-state index contributed by atoms with van der Waals surface area (Å²) >= 11 is 0. The van der Waals surface area contributed by atoms with E-state index in [2.05, 4.69) is 21.7 Å². The summed E-state index contributed by atoms with van der Waals surface area (Å²) in [7, 11) is 2.12. The van der Waals surface area contributed by atoms with Crippen molar-refractivity contribution in [2.75, 3.05) is 99.0 Å². The van der Waals surface area contributed by atoms with Gasteiger partial charge >= 0.3 is 0 Å². The van der Waals surface area contributed by atoms with Gasteiger partial charge in [0.1, 0.15) is 11.2 Å². The fraction of sp³-hybridized carbons (Fsp3) is 1.00. The SMILES string of the molecule is CC1COCC(O)(CN2CCN(C)CCN(CC3(O)COCC(C)OC3)CC2)CO1. The zero-order valence-corrected chi connectivity index (χ0v) is 18.9. The van der Waals surface area contributed by atoms with Gasteiger partial charge < -0.3 is 34.1 Å². The van der Waals surface area contributed by atoms with E-state index in [4.69, 9.17) is 18.9 Å². The van der Waals surface area contributed by atoms with Crippen LogP contribution in [0.5, 0.6) is 0 Å². The summed E-state index contributed by atoms with van der Waals surface area (Å²) in [5.41, 5.74) is -2.00. The molecule has 30 heavy (non-hydrogen) atoms. The Morgan fingerprint density at radius 3 is 1.53 bits per heavy atom. The minimum Gasteiger partial charge on any atom is -0.384 e. The van der Waals surface area contributed by atoms with Crippen molar-refractivity contribution in [3.8, 4) is 0 Å². The molecule has 176 valence electrons. The molecular formula is C21H41N3O6. The molecule has 2 N–H and O–H groups in total. The lowest BCUT2D eigenvalue weighted by molar-refractivity contribution is -0.0850. The number of β-amino-alcohol motifs (C(OH)–C–C–N with tert-alkyl or cyclic N) is 2. The fourth-order valence-electron chi connectivity index (χ4n) is 4.18. The van der Waals surface area contributed by atoms with Crippen LogP contribution in [0.1, 0.15) is 13.8 Å². The molecule has 3 fully saturated rings. The van der Waals surface area contributed by atoms with Gasteiger partial charge in [0, 0.05) is 52.4 Å². The predicted molar refractivity (Wildman–Crippen MR) is 113 cm³/mol. The Balaban J connectivity index is 1.59. The molecule has 3 aliphatic rings. The summed E-state index contributed by atoms with van der Waals surface area (Å²) in [6, 6.07) is 0. The molecule has 4 unspecified atom stereocenters. The van der Waals surface area contributed by atoms with E-state index >= 15 is 0 Å². The smallest absolute Gasteiger partial charge is 0.124 e. The van der Waals surface area contributed by atoms with E-state index in [0.29, 0.717) is 39.5 Å². The molecule has 0 aromatic carbocycles. The second-order valence-electron chi connectivity index (χ2n) is 9.58. The lowest BCUT2D eigenvalue weighted by atomic mass is 10.1. The van der Waals surface area contributed by atoms with Gasteiger partial charge in [-0.15, -0.1) is 0 Å². The van der Waals surface area contributed by atoms with E-state index in [1.54, 1.807) is 0 Å². The van der Waals surface area contributed by atoms with E-state index in [1.807, 2.05) is 13.8 Å². The molecule has 0 aliphatic carbocycles. The van der Waals surface area contributed by atoms with Crippen LogP contribution in [0, 0.1) is 0 Å². The van der Waals surface area contributed by atoms with Crippen molar-refractivity contribution in [3.05, 3.63) is 0 Å². The number of nitrogens with zero attached hydrogens (tertiary/aromatic N) is 3. The van der Waals surface area contributed by atoms with Gasteiger partial charge in [-0.3, -0.25) is 9.80 Å². The summed E-state index contributed by atoms with van der Waals surface area (Å²) in [4.78, 5) is 6.86. The minimum atomic E-state index is -1.00. The summed E-state index contributed by atoms with van der Waals surface area (Å²) in [5.74, 6) is 0. The highest BCUT2D eigenvalue weighted by Crippen LogP contribution is 2.17. The first-order chi connectivity index (χ1) is 14.3. The maximum atomic E-state index is 11.1. The minimum absolute atomic E-state index is 0.00339. The third kappa shape index (κ3) is 7.65. The first-order valence-electron chi connectivity index (χ1n) is 11.2. The molecule has 0 radical (unpaired) electrons. The van der Waals surface area contributed by atoms with Crippen molar-refractivity contribution in [2.45, 2.75) is 37.3 Å². The van der Waals surface area contributed by atoms with Crippen LogP contribution >= 0.6 is 0 Å². The Morgan fingerprint density at radius 1 is 0.700 bits per heavy atom. The van der Waals surface area contributed by atoms with Crippen molar-refractivity contribution in [2.24, 2.45) is 0 Å². The Kier molecular flexibility index (Phi) is 8.89. The third-order valence-electron chi connectivity index (χ3n) is 6.08. The molecule has 0 saturated carbocycles. The van der Waals surface area contributed by atoms with Crippen LogP contribution < -0.4 is 0 Å². The van der Waals surface area contributed by atoms with Gasteiger partial charge in [0.25, 0.3) is 0 Å². The largest absolute Gasteiger partial charge is 0.384 e. The molecule has 9 heteroatoms. The van der Waals surface area contributed by atoms with E-state index in [1.165, 1.54) is 0 Å². The molecule has 0 bridgehead atoms. The first-order valence-corrected chi connectivity index (χ1v) is 11.2. The van der Waals surface area contributed by atoms with E-state index in [-0.39, 0.29) is 25.4 Å². The molecule has 9 nitrogen and oxygen atoms in total. The average Bonchev–Trinajstić information content (AvgIpc) is 2.93. The Bertz CT molecular complexity index is 485. The maximum absolute atomic E-state index is 11.1. The summed E-state index contributed by atoms with van der Waals surface area (Å²) in [5, 5.41) is 22.1. The van der Waals surface area contributed by atoms with Gasteiger partial charge in [0.2, 0.25) is 0 Å². The molecule has 3 rings (SSSR count). The highest BCUT2D eigenvalue weighted by Gasteiger charge is 2.36. The van der Waals surface area contributed by atoms with Crippen LogP contribution in [0.15, 0.2) is 0 Å². The van der Waals surface area contributed by atoms with Gasteiger partial charge in [-0.2, -0.15) is 0 Å². The van der Waals surface area contributed by atoms with Gasteiger partial charge in [0.05, 0.1) is 51.8 Å². The highest BCUT2D eigenvalue weighted by molar-refractivity contribution is 4.88. The van der Waals surface area contributed by atoms with Gasteiger partial charge in [-0.1, -0.05) is 0 Å². The second kappa shape index (κ2) is 11.0. The molecular weight excluding hydrogens is 390 g/mol. The normalized spacial score (nSPS) is 39.5. The molecule has 3 aliphatic heterocycles. The number of ether oxygens (including phenoxy) is 4. The molecule has 0 spiro atoms. The van der Waals surface area contributed by atoms with Crippen LogP contribution in [0.2, 0.25) is 0 Å². The van der Waals surface area contributed by atoms with Crippen molar-refractivity contribution in [3.63, 3.8) is 0 Å². The van der Waals surface area contributed by atoms with Gasteiger partial charge in [-0.05, 0) is 20.9 Å². The topological polar surface area (TPSA) is 87.1 Å². The maximum Gasteiger partial charge on any atom is 0.124 e. The van der Waals surface area contributed by atoms with E-state index in [9.17, 15) is 10.2 Å². The molecule has 3 saturated heterocycles. The van der Waals surface area contributed by atoms with Crippen LogP contribution in [-0.4, -0.2) is 147 Å². The number of hydrogen-bond donors (Lipinski definition) is 2. The zero-order chi connectivity index (χ0) is 21.6. The van der Waals surface area contributed by atoms with E-state index < -0.39 is 11.2 Å². The first kappa shape index (κ1) is 24.3. The lowest BCUT2D eigenvalue weighted by Crippen LogP contribution is -2.53. The summed E-state index contributed by atoms with van der Waals surface area (Å²) in [6.45, 7) is 12.3. The summed E-state index contributed by atoms with van der Waals surface area (Å²) in [6.07, 6.45) is 0.00677. The second-order valence-corrected chi connectivity index (χ2v) is 9.58. The number of rotatable bonds is 4. The van der Waals surface area contributed by atoms with Crippen molar-refractivity contribution >= 4 is 0 Å². The molecule has 0 amide bonds. The molecule has 4 atom stereocenters. The molecule has 0 aromatic rings. The molecule has 3 heterocycles. The van der Waals surface area contributed by atoms with Crippen LogP contribution in [0.4, 0.5) is 0 Å². The number of likely N-dealkylation sites (N-methyl/N-ethyl adjacent to an activating group) is 1. The van der Waals surface area contributed by atoms with Gasteiger partial charge in [0.15, 0.2) is 0 Å². The predicted octanol–water partition coefficient (Wildman–Crippen LogP) is -1.13. The third-order valence-corrected chi connectivity index (χ3v) is 6.08. The Morgan fingerprint density at radius 2 is 1.10 bits per heavy atom. The Hall–Kier alpha value is -0.360. The summed E-state index contributed by atoms with van der Waals surface area (Å²) < 4.78 is 22.7. The highest BCUT2D eigenvalue weighted by atomic mass is 16.6. The number of hydrogen-bond acceptors (Lipinski definition) is 9. The van der Waals surface area contributed by atoms with E-state index in [0.717, 1.165) is 39.3 Å². The van der Waals surface area contributed by atoms with Crippen LogP contribution in [0.3, 0.4) is 0 Å². The quantitative estimate of drug-likeness (QED) is 0.574. The van der Waals surface area contributed by atoms with Crippen molar-refractivity contribution < 1.29 is 29.2 Å². The van der Waals surface area contributed by atoms with Crippen LogP contribution in [0.25, 0.3) is 0 Å². The Labute approximate surface area is 180 Å². The zero-order valence-electron chi connectivity index (χ0n) is 18.9. The monoisotopic (exact) mass is 431 g/mol. The lowest BCUT2D eigenvalue weighted by Gasteiger charge is -2.35. The molecule has 0 aromatic heterocycles. The van der Waals surface area contributed by atoms with Gasteiger partial charge in [-0.25, -0.2) is 0 Å². The fourth-order valence-corrected chi connectivity index (χ4v) is 4.18. The van der Waals surface area contributed by atoms with Crippen LogP contribution in [-0.2, 0) is 18.9 Å². The average molecular weight is 432 g/mol.